The van der Waals surface area contributed by atoms with E-state index in [1.54, 1.807) is 0 Å². The Bertz CT molecular complexity index is 637. The van der Waals surface area contributed by atoms with E-state index in [2.05, 4.69) is 54.7 Å². The number of nitrogens with two attached hydrogens (primary N) is 1. The second-order valence-electron chi connectivity index (χ2n) is 7.59. The third-order valence-corrected chi connectivity index (χ3v) is 5.53. The molecule has 0 aromatic heterocycles. The topological polar surface area (TPSA) is 38.0 Å². The minimum Gasteiger partial charge on any atom is -0.397 e. The minimum absolute atomic E-state index is 0.164. The van der Waals surface area contributed by atoms with E-state index in [1.165, 1.54) is 50.5 Å². The maximum atomic E-state index is 6.11. The SMILES string of the molecule is CC1(Nc2ccccc2N)CCCC(CCc2ccccc2)CC1. The maximum absolute atomic E-state index is 6.11. The number of rotatable bonds is 5. The molecule has 2 heteroatoms. The molecule has 0 amide bonds. The van der Waals surface area contributed by atoms with Gasteiger partial charge in [0, 0.05) is 5.54 Å². The second-order valence-corrected chi connectivity index (χ2v) is 7.59. The molecule has 2 aromatic carbocycles. The molecule has 1 fully saturated rings. The van der Waals surface area contributed by atoms with E-state index in [1.807, 2.05) is 12.1 Å². The summed E-state index contributed by atoms with van der Waals surface area (Å²) in [6, 6.07) is 19.0. The zero-order valence-corrected chi connectivity index (χ0v) is 14.8. The standard InChI is InChI=1S/C22H30N2/c1-22(24-21-12-6-5-11-20(21)23)16-7-10-19(15-17-22)14-13-18-8-3-2-4-9-18/h2-6,8-9,11-12,19,24H,7,10,13-17,23H2,1H3. The van der Waals surface area contributed by atoms with Crippen LogP contribution in [0, 0.1) is 5.92 Å². The number of nitrogen functional groups attached to an aromatic ring is 1. The predicted octanol–water partition coefficient (Wildman–Crippen LogP) is 5.65. The van der Waals surface area contributed by atoms with Gasteiger partial charge in [-0.2, -0.15) is 0 Å². The first-order valence-electron chi connectivity index (χ1n) is 9.31. The van der Waals surface area contributed by atoms with Crippen molar-refractivity contribution in [2.45, 2.75) is 57.4 Å². The van der Waals surface area contributed by atoms with Gasteiger partial charge in [-0.15, -0.1) is 0 Å². The maximum Gasteiger partial charge on any atom is 0.0578 e. The Hall–Kier alpha value is -1.96. The third-order valence-electron chi connectivity index (χ3n) is 5.53. The van der Waals surface area contributed by atoms with E-state index in [0.717, 1.165) is 17.3 Å². The van der Waals surface area contributed by atoms with E-state index >= 15 is 0 Å². The Balaban J connectivity index is 1.55. The summed E-state index contributed by atoms with van der Waals surface area (Å²) in [5.74, 6) is 0.849. The number of anilines is 2. The van der Waals surface area contributed by atoms with Crippen LogP contribution >= 0.6 is 0 Å². The first kappa shape index (κ1) is 16.9. The molecule has 0 heterocycles. The molecule has 0 radical (unpaired) electrons. The van der Waals surface area contributed by atoms with E-state index < -0.39 is 0 Å². The predicted molar refractivity (Wildman–Crippen MR) is 104 cm³/mol. The summed E-state index contributed by atoms with van der Waals surface area (Å²) in [7, 11) is 0. The molecule has 2 unspecified atom stereocenters. The van der Waals surface area contributed by atoms with Crippen molar-refractivity contribution in [3.05, 3.63) is 60.2 Å². The molecule has 1 aliphatic carbocycles. The van der Waals surface area contributed by atoms with Gasteiger partial charge in [0.15, 0.2) is 0 Å². The van der Waals surface area contributed by atoms with Crippen molar-refractivity contribution in [2.24, 2.45) is 5.92 Å². The van der Waals surface area contributed by atoms with Crippen molar-refractivity contribution in [3.8, 4) is 0 Å². The molecule has 128 valence electrons. The van der Waals surface area contributed by atoms with Gasteiger partial charge in [0.1, 0.15) is 0 Å². The van der Waals surface area contributed by atoms with Gasteiger partial charge in [-0.1, -0.05) is 55.3 Å². The van der Waals surface area contributed by atoms with Crippen molar-refractivity contribution in [1.29, 1.82) is 0 Å². The lowest BCUT2D eigenvalue weighted by molar-refractivity contribution is 0.405. The first-order chi connectivity index (χ1) is 11.6. The van der Waals surface area contributed by atoms with Gasteiger partial charge in [-0.25, -0.2) is 0 Å². The lowest BCUT2D eigenvalue weighted by atomic mass is 9.89. The summed E-state index contributed by atoms with van der Waals surface area (Å²) in [5.41, 5.74) is 9.68. The fraction of sp³-hybridized carbons (Fsp3) is 0.455. The van der Waals surface area contributed by atoms with Crippen LogP contribution in [-0.2, 0) is 6.42 Å². The number of hydrogen-bond donors (Lipinski definition) is 2. The van der Waals surface area contributed by atoms with E-state index in [0.29, 0.717) is 0 Å². The molecule has 1 aliphatic rings. The highest BCUT2D eigenvalue weighted by molar-refractivity contribution is 5.66. The lowest BCUT2D eigenvalue weighted by Crippen LogP contribution is -2.34. The molecular weight excluding hydrogens is 292 g/mol. The number of nitrogens with one attached hydrogen (secondary N) is 1. The van der Waals surface area contributed by atoms with Crippen LogP contribution in [0.4, 0.5) is 11.4 Å². The van der Waals surface area contributed by atoms with Crippen molar-refractivity contribution >= 4 is 11.4 Å². The van der Waals surface area contributed by atoms with E-state index in [9.17, 15) is 0 Å². The molecule has 3 N–H and O–H groups in total. The average molecular weight is 322 g/mol. The molecule has 24 heavy (non-hydrogen) atoms. The molecule has 0 bridgehead atoms. The van der Waals surface area contributed by atoms with Gasteiger partial charge in [0.05, 0.1) is 11.4 Å². The molecule has 0 spiro atoms. The normalized spacial score (nSPS) is 24.3. The molecule has 2 nitrogen and oxygen atoms in total. The number of benzene rings is 2. The molecule has 2 aromatic rings. The summed E-state index contributed by atoms with van der Waals surface area (Å²) in [6.07, 6.45) is 8.94. The van der Waals surface area contributed by atoms with Crippen LogP contribution in [-0.4, -0.2) is 5.54 Å². The highest BCUT2D eigenvalue weighted by Gasteiger charge is 2.28. The van der Waals surface area contributed by atoms with E-state index in [4.69, 9.17) is 5.73 Å². The van der Waals surface area contributed by atoms with Gasteiger partial charge < -0.3 is 11.1 Å². The van der Waals surface area contributed by atoms with Crippen LogP contribution in [0.15, 0.2) is 54.6 Å². The summed E-state index contributed by atoms with van der Waals surface area (Å²) in [6.45, 7) is 2.36. The summed E-state index contributed by atoms with van der Waals surface area (Å²) in [4.78, 5) is 0. The largest absolute Gasteiger partial charge is 0.397 e. The fourth-order valence-electron chi connectivity index (χ4n) is 3.94. The Morgan fingerprint density at radius 3 is 2.54 bits per heavy atom. The van der Waals surface area contributed by atoms with Gasteiger partial charge in [-0.05, 0) is 62.6 Å². The highest BCUT2D eigenvalue weighted by atomic mass is 15.0. The average Bonchev–Trinajstić information content (AvgIpc) is 2.78. The minimum atomic E-state index is 0.164. The lowest BCUT2D eigenvalue weighted by Gasteiger charge is -2.31. The van der Waals surface area contributed by atoms with Crippen molar-refractivity contribution in [2.75, 3.05) is 11.1 Å². The Labute approximate surface area is 146 Å². The smallest absolute Gasteiger partial charge is 0.0578 e. The van der Waals surface area contributed by atoms with Crippen LogP contribution in [0.2, 0.25) is 0 Å². The van der Waals surface area contributed by atoms with Crippen LogP contribution in [0.3, 0.4) is 0 Å². The molecule has 3 rings (SSSR count). The number of hydrogen-bond acceptors (Lipinski definition) is 2. The van der Waals surface area contributed by atoms with Gasteiger partial charge >= 0.3 is 0 Å². The third kappa shape index (κ3) is 4.53. The van der Waals surface area contributed by atoms with Gasteiger partial charge in [0.2, 0.25) is 0 Å². The molecule has 1 saturated carbocycles. The van der Waals surface area contributed by atoms with Gasteiger partial charge in [-0.3, -0.25) is 0 Å². The van der Waals surface area contributed by atoms with Crippen LogP contribution in [0.5, 0.6) is 0 Å². The van der Waals surface area contributed by atoms with Crippen molar-refractivity contribution in [3.63, 3.8) is 0 Å². The number of para-hydroxylation sites is 2. The summed E-state index contributed by atoms with van der Waals surface area (Å²) < 4.78 is 0. The van der Waals surface area contributed by atoms with E-state index in [-0.39, 0.29) is 5.54 Å². The van der Waals surface area contributed by atoms with Crippen LogP contribution < -0.4 is 11.1 Å². The molecular formula is C22H30N2. The zero-order valence-electron chi connectivity index (χ0n) is 14.8. The molecule has 2 atom stereocenters. The summed E-state index contributed by atoms with van der Waals surface area (Å²) >= 11 is 0. The first-order valence-corrected chi connectivity index (χ1v) is 9.31. The Morgan fingerprint density at radius 2 is 1.75 bits per heavy atom. The number of aryl methyl sites for hydroxylation is 1. The summed E-state index contributed by atoms with van der Waals surface area (Å²) in [5, 5.41) is 3.73. The highest BCUT2D eigenvalue weighted by Crippen LogP contribution is 2.35. The van der Waals surface area contributed by atoms with Crippen LogP contribution in [0.1, 0.15) is 51.0 Å². The zero-order chi connectivity index (χ0) is 16.8. The molecule has 0 aliphatic heterocycles. The quantitative estimate of drug-likeness (QED) is 0.551. The van der Waals surface area contributed by atoms with Gasteiger partial charge in [0.25, 0.3) is 0 Å². The van der Waals surface area contributed by atoms with Crippen molar-refractivity contribution in [1.82, 2.24) is 0 Å². The molecule has 0 saturated heterocycles. The Kier molecular flexibility index (Phi) is 5.44. The monoisotopic (exact) mass is 322 g/mol. The second kappa shape index (κ2) is 7.74. The van der Waals surface area contributed by atoms with Crippen molar-refractivity contribution < 1.29 is 0 Å². The fourth-order valence-corrected chi connectivity index (χ4v) is 3.94. The van der Waals surface area contributed by atoms with Crippen LogP contribution in [0.25, 0.3) is 0 Å². The Morgan fingerprint density at radius 1 is 1.00 bits per heavy atom.